The van der Waals surface area contributed by atoms with E-state index in [-0.39, 0.29) is 0 Å². The van der Waals surface area contributed by atoms with Gasteiger partial charge in [-0.25, -0.2) is 0 Å². The summed E-state index contributed by atoms with van der Waals surface area (Å²) in [6.45, 7) is 2.43. The zero-order chi connectivity index (χ0) is 9.10. The van der Waals surface area contributed by atoms with Gasteiger partial charge in [-0.2, -0.15) is 0 Å². The molecule has 1 aromatic rings. The van der Waals surface area contributed by atoms with E-state index in [1.54, 1.807) is 0 Å². The lowest BCUT2D eigenvalue weighted by Crippen LogP contribution is -2.30. The maximum Gasteiger partial charge on any atom is 0.0303 e. The van der Waals surface area contributed by atoms with Crippen molar-refractivity contribution in [1.82, 2.24) is 9.88 Å². The fourth-order valence-corrected chi connectivity index (χ4v) is 2.06. The molecule has 2 heteroatoms. The van der Waals surface area contributed by atoms with Gasteiger partial charge in [0.25, 0.3) is 0 Å². The van der Waals surface area contributed by atoms with Crippen molar-refractivity contribution in [2.45, 2.75) is 18.8 Å². The van der Waals surface area contributed by atoms with Gasteiger partial charge in [-0.05, 0) is 44.0 Å². The van der Waals surface area contributed by atoms with E-state index >= 15 is 0 Å². The van der Waals surface area contributed by atoms with Gasteiger partial charge in [-0.3, -0.25) is 4.98 Å². The number of aromatic nitrogens is 1. The quantitative estimate of drug-likeness (QED) is 0.649. The Morgan fingerprint density at radius 3 is 3.15 bits per heavy atom. The molecule has 0 aromatic carbocycles. The van der Waals surface area contributed by atoms with Crippen molar-refractivity contribution < 1.29 is 0 Å². The minimum absolute atomic E-state index is 0.701. The Bertz CT molecular complexity index is 258. The Balaban J connectivity index is 2.08. The van der Waals surface area contributed by atoms with Crippen LogP contribution >= 0.6 is 0 Å². The lowest BCUT2D eigenvalue weighted by atomic mass is 9.92. The normalized spacial score (nSPS) is 24.5. The summed E-state index contributed by atoms with van der Waals surface area (Å²) in [5.74, 6) is 0.701. The summed E-state index contributed by atoms with van der Waals surface area (Å²) in [5.41, 5.74) is 1.40. The lowest BCUT2D eigenvalue weighted by Gasteiger charge is -2.29. The molecule has 70 valence electrons. The molecule has 1 aliphatic rings. The highest BCUT2D eigenvalue weighted by atomic mass is 15.1. The van der Waals surface area contributed by atoms with E-state index in [2.05, 4.69) is 23.0 Å². The third-order valence-electron chi connectivity index (χ3n) is 2.78. The van der Waals surface area contributed by atoms with E-state index < -0.39 is 0 Å². The largest absolute Gasteiger partial charge is 0.306 e. The van der Waals surface area contributed by atoms with Gasteiger partial charge >= 0.3 is 0 Å². The summed E-state index contributed by atoms with van der Waals surface area (Å²) in [6.07, 6.45) is 6.48. The molecule has 13 heavy (non-hydrogen) atoms. The zero-order valence-electron chi connectivity index (χ0n) is 8.11. The summed E-state index contributed by atoms with van der Waals surface area (Å²) < 4.78 is 0. The average Bonchev–Trinajstić information content (AvgIpc) is 2.19. The number of likely N-dealkylation sites (tertiary alicyclic amines) is 1. The van der Waals surface area contributed by atoms with Gasteiger partial charge in [0.05, 0.1) is 0 Å². The van der Waals surface area contributed by atoms with Gasteiger partial charge in [0.1, 0.15) is 0 Å². The number of hydrogen-bond donors (Lipinski definition) is 0. The highest BCUT2D eigenvalue weighted by molar-refractivity contribution is 5.15. The van der Waals surface area contributed by atoms with Crippen LogP contribution < -0.4 is 0 Å². The van der Waals surface area contributed by atoms with Crippen LogP contribution in [0.25, 0.3) is 0 Å². The highest BCUT2D eigenvalue weighted by Gasteiger charge is 2.18. The van der Waals surface area contributed by atoms with Crippen molar-refractivity contribution in [1.29, 1.82) is 0 Å². The molecule has 1 fully saturated rings. The van der Waals surface area contributed by atoms with Crippen LogP contribution in [0.5, 0.6) is 0 Å². The van der Waals surface area contributed by atoms with Crippen molar-refractivity contribution in [2.75, 3.05) is 20.1 Å². The van der Waals surface area contributed by atoms with Crippen molar-refractivity contribution in [3.63, 3.8) is 0 Å². The minimum atomic E-state index is 0.701. The molecule has 0 saturated carbocycles. The van der Waals surface area contributed by atoms with Crippen LogP contribution in [0.3, 0.4) is 0 Å². The van der Waals surface area contributed by atoms with Gasteiger partial charge < -0.3 is 4.90 Å². The first-order valence-corrected chi connectivity index (χ1v) is 4.95. The molecule has 0 radical (unpaired) electrons. The fraction of sp³-hybridized carbons (Fsp3) is 0.545. The van der Waals surface area contributed by atoms with Crippen LogP contribution in [-0.2, 0) is 0 Å². The molecule has 0 amide bonds. The number of piperidine rings is 1. The first-order chi connectivity index (χ1) is 6.36. The first kappa shape index (κ1) is 8.70. The predicted molar refractivity (Wildman–Crippen MR) is 53.7 cm³/mol. The SMILES string of the molecule is CN1CCCC(c2cccnc2)C1. The standard InChI is InChI=1S/C11H16N2/c1-13-7-3-5-11(9-13)10-4-2-6-12-8-10/h2,4,6,8,11H,3,5,7,9H2,1H3. The van der Waals surface area contributed by atoms with Crippen molar-refractivity contribution in [3.8, 4) is 0 Å². The number of likely N-dealkylation sites (N-methyl/N-ethyl adjacent to an activating group) is 1. The number of pyridine rings is 1. The molecule has 1 aromatic heterocycles. The van der Waals surface area contributed by atoms with Crippen LogP contribution in [-0.4, -0.2) is 30.0 Å². The molecule has 2 heterocycles. The van der Waals surface area contributed by atoms with E-state index in [0.29, 0.717) is 5.92 Å². The molecule has 2 rings (SSSR count). The van der Waals surface area contributed by atoms with Crippen molar-refractivity contribution in [2.24, 2.45) is 0 Å². The van der Waals surface area contributed by atoms with Crippen LogP contribution in [0.15, 0.2) is 24.5 Å². The molecular weight excluding hydrogens is 160 g/mol. The van der Waals surface area contributed by atoms with Crippen LogP contribution in [0.1, 0.15) is 24.3 Å². The van der Waals surface area contributed by atoms with Gasteiger partial charge in [0.15, 0.2) is 0 Å². The molecule has 1 saturated heterocycles. The predicted octanol–water partition coefficient (Wildman–Crippen LogP) is 1.89. The Hall–Kier alpha value is -0.890. The van der Waals surface area contributed by atoms with E-state index in [9.17, 15) is 0 Å². The second-order valence-corrected chi connectivity index (χ2v) is 3.89. The van der Waals surface area contributed by atoms with E-state index in [4.69, 9.17) is 0 Å². The van der Waals surface area contributed by atoms with E-state index in [0.717, 1.165) is 0 Å². The molecule has 0 aliphatic carbocycles. The van der Waals surface area contributed by atoms with Gasteiger partial charge in [-0.1, -0.05) is 6.07 Å². The minimum Gasteiger partial charge on any atom is -0.306 e. The summed E-state index contributed by atoms with van der Waals surface area (Å²) in [7, 11) is 2.20. The third-order valence-corrected chi connectivity index (χ3v) is 2.78. The number of nitrogens with zero attached hydrogens (tertiary/aromatic N) is 2. The zero-order valence-corrected chi connectivity index (χ0v) is 8.11. The first-order valence-electron chi connectivity index (χ1n) is 4.95. The monoisotopic (exact) mass is 176 g/mol. The topological polar surface area (TPSA) is 16.1 Å². The Kier molecular flexibility index (Phi) is 2.60. The van der Waals surface area contributed by atoms with Gasteiger partial charge in [0, 0.05) is 18.9 Å². The smallest absolute Gasteiger partial charge is 0.0303 e. The summed E-state index contributed by atoms with van der Waals surface area (Å²) >= 11 is 0. The second kappa shape index (κ2) is 3.88. The fourth-order valence-electron chi connectivity index (χ4n) is 2.06. The summed E-state index contributed by atoms with van der Waals surface area (Å²) in [6, 6.07) is 4.22. The molecule has 1 aliphatic heterocycles. The van der Waals surface area contributed by atoms with Crippen LogP contribution in [0.4, 0.5) is 0 Å². The third kappa shape index (κ3) is 2.07. The van der Waals surface area contributed by atoms with Crippen molar-refractivity contribution >= 4 is 0 Å². The number of hydrogen-bond acceptors (Lipinski definition) is 2. The molecule has 0 bridgehead atoms. The molecule has 0 spiro atoms. The van der Waals surface area contributed by atoms with E-state index in [1.165, 1.54) is 31.5 Å². The maximum absolute atomic E-state index is 4.17. The van der Waals surface area contributed by atoms with Gasteiger partial charge in [0.2, 0.25) is 0 Å². The Morgan fingerprint density at radius 1 is 1.54 bits per heavy atom. The Morgan fingerprint density at radius 2 is 2.46 bits per heavy atom. The molecular formula is C11H16N2. The van der Waals surface area contributed by atoms with Crippen LogP contribution in [0, 0.1) is 0 Å². The molecule has 2 nitrogen and oxygen atoms in total. The van der Waals surface area contributed by atoms with E-state index in [1.807, 2.05) is 18.5 Å². The molecule has 1 unspecified atom stereocenters. The second-order valence-electron chi connectivity index (χ2n) is 3.89. The molecule has 1 atom stereocenters. The van der Waals surface area contributed by atoms with Crippen molar-refractivity contribution in [3.05, 3.63) is 30.1 Å². The highest BCUT2D eigenvalue weighted by Crippen LogP contribution is 2.24. The molecule has 0 N–H and O–H groups in total. The number of rotatable bonds is 1. The summed E-state index contributed by atoms with van der Waals surface area (Å²) in [4.78, 5) is 6.57. The maximum atomic E-state index is 4.17. The average molecular weight is 176 g/mol. The van der Waals surface area contributed by atoms with Crippen LogP contribution in [0.2, 0.25) is 0 Å². The lowest BCUT2D eigenvalue weighted by molar-refractivity contribution is 0.250. The van der Waals surface area contributed by atoms with Gasteiger partial charge in [-0.15, -0.1) is 0 Å². The Labute approximate surface area is 79.6 Å². The summed E-state index contributed by atoms with van der Waals surface area (Å²) in [5, 5.41) is 0.